The van der Waals surface area contributed by atoms with Crippen LogP contribution in [0.1, 0.15) is 71.7 Å². The number of nitrogens with one attached hydrogen (secondary N) is 3. The average molecular weight is 622 g/mol. The number of fused-ring (bicyclic) bond motifs is 1. The van der Waals surface area contributed by atoms with E-state index in [2.05, 4.69) is 21.0 Å². The Morgan fingerprint density at radius 1 is 1.11 bits per heavy atom. The molecule has 2 heterocycles. The Morgan fingerprint density at radius 3 is 2.36 bits per heavy atom. The van der Waals surface area contributed by atoms with Gasteiger partial charge in [-0.25, -0.2) is 5.43 Å². The van der Waals surface area contributed by atoms with Crippen LogP contribution < -0.4 is 16.1 Å². The van der Waals surface area contributed by atoms with Crippen LogP contribution in [0.3, 0.4) is 0 Å². The quantitative estimate of drug-likeness (QED) is 0.254. The number of nitrogens with zero attached hydrogens (tertiary/aromatic N) is 2. The Kier molecular flexibility index (Phi) is 11.1. The van der Waals surface area contributed by atoms with Gasteiger partial charge in [0.1, 0.15) is 18.1 Å². The predicted octanol–water partition coefficient (Wildman–Crippen LogP) is 3.96. The van der Waals surface area contributed by atoms with E-state index in [1.165, 1.54) is 26.8 Å². The molecule has 1 saturated heterocycles. The molecule has 1 fully saturated rings. The average Bonchev–Trinajstić information content (AvgIpc) is 2.94. The first-order chi connectivity index (χ1) is 20.4. The third kappa shape index (κ3) is 8.76. The maximum atomic E-state index is 14.5. The fourth-order valence-electron chi connectivity index (χ4n) is 5.10. The molecule has 13 heteroatoms. The van der Waals surface area contributed by atoms with Gasteiger partial charge in [-0.2, -0.15) is 13.2 Å². The van der Waals surface area contributed by atoms with Gasteiger partial charge in [-0.1, -0.05) is 58.0 Å². The number of hydrogen-bond acceptors (Lipinski definition) is 7. The number of hydrogen-bond donors (Lipinski definition) is 5. The number of aliphatic hydroxyl groups is 1. The minimum atomic E-state index is -4.73. The number of carboxylic acid groups (broad SMARTS) is 1. The lowest BCUT2D eigenvalue weighted by Crippen LogP contribution is -2.63. The molecule has 0 bridgehead atoms. The third-order valence-corrected chi connectivity index (χ3v) is 7.72. The summed E-state index contributed by atoms with van der Waals surface area (Å²) in [4.78, 5) is 41.9. The normalized spacial score (nSPS) is 19.2. The summed E-state index contributed by atoms with van der Waals surface area (Å²) in [6.45, 7) is 9.28. The van der Waals surface area contributed by atoms with E-state index < -0.39 is 65.6 Å². The molecule has 5 N–H and O–H groups in total. The van der Waals surface area contributed by atoms with Crippen LogP contribution in [0.4, 0.5) is 13.2 Å². The van der Waals surface area contributed by atoms with Crippen molar-refractivity contribution in [1.29, 1.82) is 0 Å². The highest BCUT2D eigenvalue weighted by Crippen LogP contribution is 2.36. The number of benzene rings is 1. The number of hydrazine groups is 1. The smallest absolute Gasteiger partial charge is 0.404 e. The van der Waals surface area contributed by atoms with Gasteiger partial charge >= 0.3 is 12.1 Å². The number of halogens is 3. The van der Waals surface area contributed by atoms with E-state index in [0.29, 0.717) is 29.6 Å². The Hall–Kier alpha value is -3.55. The second kappa shape index (κ2) is 14.0. The van der Waals surface area contributed by atoms with Crippen LogP contribution in [0.25, 0.3) is 17.0 Å². The van der Waals surface area contributed by atoms with Crippen molar-refractivity contribution in [3.05, 3.63) is 47.7 Å². The molecule has 2 amide bonds. The summed E-state index contributed by atoms with van der Waals surface area (Å²) in [5, 5.41) is 26.1. The van der Waals surface area contributed by atoms with Gasteiger partial charge in [-0.05, 0) is 50.3 Å². The van der Waals surface area contributed by atoms with E-state index in [1.807, 2.05) is 6.07 Å². The summed E-state index contributed by atoms with van der Waals surface area (Å²) in [7, 11) is 0. The van der Waals surface area contributed by atoms with Crippen LogP contribution in [0.2, 0.25) is 0 Å². The van der Waals surface area contributed by atoms with Gasteiger partial charge in [-0.3, -0.25) is 29.7 Å². The van der Waals surface area contributed by atoms with E-state index in [1.54, 1.807) is 51.1 Å². The Balaban J connectivity index is 1.78. The van der Waals surface area contributed by atoms with Crippen molar-refractivity contribution in [3.63, 3.8) is 0 Å². The minimum absolute atomic E-state index is 0.236. The molecule has 1 aromatic heterocycles. The van der Waals surface area contributed by atoms with Gasteiger partial charge in [0.25, 0.3) is 5.91 Å². The molecule has 10 nitrogen and oxygen atoms in total. The topological polar surface area (TPSA) is 144 Å². The Labute approximate surface area is 255 Å². The van der Waals surface area contributed by atoms with Crippen molar-refractivity contribution < 1.29 is 37.8 Å². The van der Waals surface area contributed by atoms with E-state index >= 15 is 0 Å². The van der Waals surface area contributed by atoms with Crippen LogP contribution in [0.15, 0.2) is 36.4 Å². The fourth-order valence-corrected chi connectivity index (χ4v) is 5.10. The molecule has 5 atom stereocenters. The van der Waals surface area contributed by atoms with Gasteiger partial charge in [0, 0.05) is 17.3 Å². The van der Waals surface area contributed by atoms with Crippen molar-refractivity contribution in [3.8, 4) is 0 Å². The number of carbonyl (C=O) groups excluding carboxylic acids is 2. The van der Waals surface area contributed by atoms with Gasteiger partial charge < -0.3 is 15.5 Å². The predicted molar refractivity (Wildman–Crippen MR) is 160 cm³/mol. The summed E-state index contributed by atoms with van der Waals surface area (Å²) in [6, 6.07) is 3.31. The summed E-state index contributed by atoms with van der Waals surface area (Å²) in [5.74, 6) is -3.05. The zero-order chi connectivity index (χ0) is 33.0. The highest BCUT2D eigenvalue weighted by atomic mass is 19.4. The number of aliphatic carboxylic acids is 1. The number of carbonyl (C=O) groups is 3. The van der Waals surface area contributed by atoms with Crippen LogP contribution >= 0.6 is 0 Å². The number of amides is 2. The second-order valence-electron chi connectivity index (χ2n) is 12.3. The van der Waals surface area contributed by atoms with Crippen molar-refractivity contribution in [1.82, 2.24) is 26.1 Å². The largest absolute Gasteiger partial charge is 0.480 e. The number of aliphatic hydroxyl groups excluding tert-OH is 1. The lowest BCUT2D eigenvalue weighted by molar-refractivity contribution is -0.177. The maximum absolute atomic E-state index is 14.5. The van der Waals surface area contributed by atoms with Gasteiger partial charge in [-0.15, -0.1) is 0 Å². The standard InChI is InChI=1S/C31H42F3N5O5/c1-17(2)25(26(41)35-18(3)27(42)39-15-7-8-23(38-39)28(43)44)37-29(31(32,33)34)30(5,6)14-13-20-9-10-21-11-12-22(19(4)40)36-24(21)16-20/h9-14,16-19,23,25,29,37-38,40H,7-8,15H2,1-6H3,(H,35,41)(H,43,44)/b14-13+/t18?,19-,23?,25?,29+/m1/s1. The number of carboxylic acids is 1. The minimum Gasteiger partial charge on any atom is -0.480 e. The lowest BCUT2D eigenvalue weighted by atomic mass is 9.82. The zero-order valence-corrected chi connectivity index (χ0v) is 25.8. The first-order valence-corrected chi connectivity index (χ1v) is 14.6. The zero-order valence-electron chi connectivity index (χ0n) is 25.8. The van der Waals surface area contributed by atoms with Crippen LogP contribution in [-0.2, 0) is 14.4 Å². The van der Waals surface area contributed by atoms with Crippen molar-refractivity contribution >= 4 is 34.8 Å². The first kappa shape index (κ1) is 34.9. The van der Waals surface area contributed by atoms with Crippen molar-refractivity contribution in [2.75, 3.05) is 6.54 Å². The molecule has 0 radical (unpaired) electrons. The number of alkyl halides is 3. The molecule has 3 rings (SSSR count). The fraction of sp³-hybridized carbons (Fsp3) is 0.548. The molecule has 0 saturated carbocycles. The van der Waals surface area contributed by atoms with Crippen LogP contribution in [0.5, 0.6) is 0 Å². The SMILES string of the molecule is CC(NC(=O)C(N[C@H](C(F)(F)F)C(C)(C)/C=C/c1ccc2ccc([C@@H](C)O)nc2c1)C(C)C)C(=O)N1CCCC(C(=O)O)N1. The van der Waals surface area contributed by atoms with E-state index in [0.717, 1.165) is 10.4 Å². The van der Waals surface area contributed by atoms with Gasteiger partial charge in [0.05, 0.1) is 23.4 Å². The Morgan fingerprint density at radius 2 is 1.77 bits per heavy atom. The monoisotopic (exact) mass is 621 g/mol. The molecule has 1 aliphatic heterocycles. The molecule has 3 unspecified atom stereocenters. The van der Waals surface area contributed by atoms with E-state index in [4.69, 9.17) is 0 Å². The highest BCUT2D eigenvalue weighted by molar-refractivity contribution is 5.90. The van der Waals surface area contributed by atoms with Crippen LogP contribution in [0, 0.1) is 11.3 Å². The lowest BCUT2D eigenvalue weighted by Gasteiger charge is -2.38. The molecule has 1 aromatic carbocycles. The summed E-state index contributed by atoms with van der Waals surface area (Å²) in [5.41, 5.74) is 2.79. The van der Waals surface area contributed by atoms with E-state index in [9.17, 15) is 37.8 Å². The number of aromatic nitrogens is 1. The molecule has 44 heavy (non-hydrogen) atoms. The number of rotatable bonds is 11. The molecule has 0 spiro atoms. The second-order valence-corrected chi connectivity index (χ2v) is 12.3. The maximum Gasteiger partial charge on any atom is 0.404 e. The molecule has 1 aliphatic rings. The molecule has 242 valence electrons. The third-order valence-electron chi connectivity index (χ3n) is 7.72. The van der Waals surface area contributed by atoms with Crippen molar-refractivity contribution in [2.45, 2.75) is 90.8 Å². The molecular formula is C31H42F3N5O5. The first-order valence-electron chi connectivity index (χ1n) is 14.6. The summed E-state index contributed by atoms with van der Waals surface area (Å²) in [6.07, 6.45) is -1.72. The van der Waals surface area contributed by atoms with E-state index in [-0.39, 0.29) is 6.54 Å². The highest BCUT2D eigenvalue weighted by Gasteiger charge is 2.49. The van der Waals surface area contributed by atoms with Crippen molar-refractivity contribution in [2.24, 2.45) is 11.3 Å². The van der Waals surface area contributed by atoms with Crippen LogP contribution in [-0.4, -0.2) is 74.9 Å². The summed E-state index contributed by atoms with van der Waals surface area (Å²) < 4.78 is 43.5. The number of pyridine rings is 1. The summed E-state index contributed by atoms with van der Waals surface area (Å²) >= 11 is 0. The molecular weight excluding hydrogens is 579 g/mol. The molecule has 0 aliphatic carbocycles. The molecule has 2 aromatic rings. The van der Waals surface area contributed by atoms with Gasteiger partial charge in [0.2, 0.25) is 5.91 Å². The van der Waals surface area contributed by atoms with Gasteiger partial charge in [0.15, 0.2) is 0 Å². The Bertz CT molecular complexity index is 1380.